The van der Waals surface area contributed by atoms with E-state index in [1.165, 1.54) is 6.07 Å². The summed E-state index contributed by atoms with van der Waals surface area (Å²) in [6.45, 7) is 7.49. The molecule has 3 rings (SSSR count). The Bertz CT molecular complexity index is 980. The van der Waals surface area contributed by atoms with E-state index in [-0.39, 0.29) is 35.8 Å². The minimum absolute atomic E-state index is 0.147. The van der Waals surface area contributed by atoms with E-state index in [1.807, 2.05) is 13.8 Å². The van der Waals surface area contributed by atoms with E-state index in [1.54, 1.807) is 32.0 Å². The van der Waals surface area contributed by atoms with Gasteiger partial charge in [0.1, 0.15) is 11.7 Å². The second kappa shape index (κ2) is 10.1. The number of halogens is 1. The van der Waals surface area contributed by atoms with Crippen LogP contribution in [0.3, 0.4) is 0 Å². The molecule has 1 aromatic rings. The maximum absolute atomic E-state index is 15.0. The zero-order valence-electron chi connectivity index (χ0n) is 19.0. The number of carbonyl (C=O) groups excluding carboxylic acids is 3. The van der Waals surface area contributed by atoms with Crippen LogP contribution in [0, 0.1) is 17.7 Å². The van der Waals surface area contributed by atoms with Gasteiger partial charge in [-0.15, -0.1) is 0 Å². The Balaban J connectivity index is 2.23. The molecule has 1 heterocycles. The number of hydrogen-bond donors (Lipinski definition) is 1. The van der Waals surface area contributed by atoms with E-state index in [4.69, 9.17) is 9.47 Å². The van der Waals surface area contributed by atoms with Crippen molar-refractivity contribution < 1.29 is 28.2 Å². The minimum atomic E-state index is -0.999. The van der Waals surface area contributed by atoms with Crippen molar-refractivity contribution >= 4 is 17.7 Å². The van der Waals surface area contributed by atoms with E-state index < -0.39 is 35.4 Å². The number of Topliss-reactive ketones (excluding diaryl/α,β-unsaturated/α-hetero) is 1. The van der Waals surface area contributed by atoms with Crippen LogP contribution in [0.2, 0.25) is 0 Å². The molecule has 0 amide bonds. The van der Waals surface area contributed by atoms with Crippen LogP contribution in [0.25, 0.3) is 0 Å². The molecule has 0 unspecified atom stereocenters. The zero-order valence-corrected chi connectivity index (χ0v) is 19.0. The molecule has 0 radical (unpaired) electrons. The van der Waals surface area contributed by atoms with Crippen molar-refractivity contribution in [2.24, 2.45) is 11.8 Å². The van der Waals surface area contributed by atoms with Gasteiger partial charge in [0.05, 0.1) is 24.7 Å². The molecule has 0 spiro atoms. The van der Waals surface area contributed by atoms with E-state index >= 15 is 4.39 Å². The Morgan fingerprint density at radius 1 is 1.12 bits per heavy atom. The first-order chi connectivity index (χ1) is 15.3. The third-order valence-corrected chi connectivity index (χ3v) is 5.92. The van der Waals surface area contributed by atoms with Gasteiger partial charge in [-0.25, -0.2) is 9.18 Å². The van der Waals surface area contributed by atoms with Crippen LogP contribution in [0.5, 0.6) is 0 Å². The summed E-state index contributed by atoms with van der Waals surface area (Å²) >= 11 is 0. The lowest BCUT2D eigenvalue weighted by Gasteiger charge is -2.39. The fourth-order valence-corrected chi connectivity index (χ4v) is 4.62. The smallest absolute Gasteiger partial charge is 0.336 e. The van der Waals surface area contributed by atoms with Gasteiger partial charge >= 0.3 is 11.9 Å². The minimum Gasteiger partial charge on any atom is -0.465 e. The van der Waals surface area contributed by atoms with Crippen molar-refractivity contribution in [3.05, 3.63) is 58.2 Å². The zero-order chi connectivity index (χ0) is 23.4. The van der Waals surface area contributed by atoms with Crippen LogP contribution in [0.15, 0.2) is 46.8 Å². The van der Waals surface area contributed by atoms with Crippen molar-refractivity contribution in [2.75, 3.05) is 13.2 Å². The molecule has 6 nitrogen and oxygen atoms in total. The number of carbonyl (C=O) groups is 3. The predicted molar refractivity (Wildman–Crippen MR) is 117 cm³/mol. The van der Waals surface area contributed by atoms with Gasteiger partial charge in [0.2, 0.25) is 0 Å². The third kappa shape index (κ3) is 4.33. The van der Waals surface area contributed by atoms with Crippen molar-refractivity contribution in [1.29, 1.82) is 0 Å². The van der Waals surface area contributed by atoms with Crippen LogP contribution in [0.1, 0.15) is 58.4 Å². The Morgan fingerprint density at radius 2 is 1.81 bits per heavy atom. The second-order valence-electron chi connectivity index (χ2n) is 8.11. The highest BCUT2D eigenvalue weighted by Crippen LogP contribution is 2.46. The predicted octanol–water partition coefficient (Wildman–Crippen LogP) is 4.17. The molecule has 0 fully saturated rings. The summed E-state index contributed by atoms with van der Waals surface area (Å²) in [7, 11) is 0. The highest BCUT2D eigenvalue weighted by atomic mass is 19.1. The van der Waals surface area contributed by atoms with Crippen molar-refractivity contribution in [1.82, 2.24) is 5.32 Å². The summed E-state index contributed by atoms with van der Waals surface area (Å²) in [5.74, 6) is -4.39. The van der Waals surface area contributed by atoms with Gasteiger partial charge in [-0.05, 0) is 38.7 Å². The quantitative estimate of drug-likeness (QED) is 0.503. The van der Waals surface area contributed by atoms with Crippen LogP contribution in [0.4, 0.5) is 4.39 Å². The number of rotatable bonds is 7. The molecule has 0 saturated carbocycles. The molecular formula is C25H30FNO5. The summed E-state index contributed by atoms with van der Waals surface area (Å²) in [6.07, 6.45) is 1.70. The number of ketones is 1. The van der Waals surface area contributed by atoms with Crippen molar-refractivity contribution in [2.45, 2.75) is 52.9 Å². The Labute approximate surface area is 187 Å². The average molecular weight is 444 g/mol. The van der Waals surface area contributed by atoms with Crippen LogP contribution in [-0.4, -0.2) is 30.9 Å². The standard InChI is InChI=1S/C25H30FNO5/c1-5-10-17-22(25(30)32-7-3)20(15-11-8-9-12-16(15)26)21-18(27-17)13-14(4)19(23(21)28)24(29)31-6-2/h8-9,11-12,14,19-20,27H,5-7,10,13H2,1-4H3/t14-,19+,20+/m1/s1. The molecular weight excluding hydrogens is 413 g/mol. The van der Waals surface area contributed by atoms with Crippen molar-refractivity contribution in [3.8, 4) is 0 Å². The highest BCUT2D eigenvalue weighted by Gasteiger charge is 2.48. The number of nitrogens with one attached hydrogen (secondary N) is 1. The lowest BCUT2D eigenvalue weighted by Crippen LogP contribution is -2.44. The molecule has 1 N–H and O–H groups in total. The molecule has 32 heavy (non-hydrogen) atoms. The fraction of sp³-hybridized carbons (Fsp3) is 0.480. The molecule has 1 aromatic carbocycles. The summed E-state index contributed by atoms with van der Waals surface area (Å²) < 4.78 is 25.5. The molecule has 1 aliphatic heterocycles. The first kappa shape index (κ1) is 23.7. The summed E-state index contributed by atoms with van der Waals surface area (Å²) in [5.41, 5.74) is 1.95. The number of hydrogen-bond acceptors (Lipinski definition) is 6. The number of ether oxygens (including phenoxy) is 2. The molecule has 7 heteroatoms. The van der Waals surface area contributed by atoms with E-state index in [0.29, 0.717) is 24.2 Å². The molecule has 0 aromatic heterocycles. The Kier molecular flexibility index (Phi) is 7.48. The fourth-order valence-electron chi connectivity index (χ4n) is 4.62. The molecule has 0 saturated heterocycles. The molecule has 0 bridgehead atoms. The largest absolute Gasteiger partial charge is 0.465 e. The maximum Gasteiger partial charge on any atom is 0.336 e. The molecule has 2 aliphatic rings. The summed E-state index contributed by atoms with van der Waals surface area (Å²) in [5, 5.41) is 3.28. The SMILES string of the molecule is CCCC1=C(C(=O)OCC)[C@@H](c2ccccc2F)C2=C(C[C@@H](C)[C@H](C(=O)OCC)C2=O)N1. The van der Waals surface area contributed by atoms with Gasteiger partial charge in [0.25, 0.3) is 0 Å². The molecule has 172 valence electrons. The van der Waals surface area contributed by atoms with E-state index in [2.05, 4.69) is 5.32 Å². The Hall–Kier alpha value is -2.96. The topological polar surface area (TPSA) is 81.7 Å². The maximum atomic E-state index is 15.0. The number of allylic oxidation sites excluding steroid dienone is 3. The first-order valence-corrected chi connectivity index (χ1v) is 11.2. The lowest BCUT2D eigenvalue weighted by molar-refractivity contribution is -0.153. The number of dihydropyridines is 1. The normalized spacial score (nSPS) is 22.9. The van der Waals surface area contributed by atoms with Gasteiger partial charge in [-0.3, -0.25) is 9.59 Å². The summed E-state index contributed by atoms with van der Waals surface area (Å²) in [4.78, 5) is 39.4. The first-order valence-electron chi connectivity index (χ1n) is 11.2. The number of benzene rings is 1. The third-order valence-electron chi connectivity index (χ3n) is 5.92. The van der Waals surface area contributed by atoms with Gasteiger partial charge in [0.15, 0.2) is 5.78 Å². The van der Waals surface area contributed by atoms with Gasteiger partial charge in [0, 0.05) is 22.5 Å². The number of esters is 2. The van der Waals surface area contributed by atoms with Crippen LogP contribution < -0.4 is 5.32 Å². The Morgan fingerprint density at radius 3 is 2.44 bits per heavy atom. The summed E-state index contributed by atoms with van der Waals surface area (Å²) in [6, 6.07) is 6.10. The van der Waals surface area contributed by atoms with E-state index in [9.17, 15) is 14.4 Å². The van der Waals surface area contributed by atoms with Crippen molar-refractivity contribution in [3.63, 3.8) is 0 Å². The van der Waals surface area contributed by atoms with Gasteiger partial charge in [-0.1, -0.05) is 38.5 Å². The average Bonchev–Trinajstić information content (AvgIpc) is 2.73. The van der Waals surface area contributed by atoms with Gasteiger partial charge in [-0.2, -0.15) is 0 Å². The van der Waals surface area contributed by atoms with Gasteiger partial charge < -0.3 is 14.8 Å². The van der Waals surface area contributed by atoms with Crippen LogP contribution >= 0.6 is 0 Å². The van der Waals surface area contributed by atoms with E-state index in [0.717, 1.165) is 6.42 Å². The van der Waals surface area contributed by atoms with Crippen LogP contribution in [-0.2, 0) is 23.9 Å². The molecule has 3 atom stereocenters. The molecule has 1 aliphatic carbocycles. The lowest BCUT2D eigenvalue weighted by atomic mass is 9.68. The highest BCUT2D eigenvalue weighted by molar-refractivity contribution is 6.12. The second-order valence-corrected chi connectivity index (χ2v) is 8.11. The monoisotopic (exact) mass is 443 g/mol.